The number of rotatable bonds is 5. The molecule has 0 bridgehead atoms. The van der Waals surface area contributed by atoms with E-state index < -0.39 is 0 Å². The number of hydrogen-bond donors (Lipinski definition) is 2. The van der Waals surface area contributed by atoms with Crippen LogP contribution in [-0.4, -0.2) is 49.4 Å². The molecular formula is C20H32N3O2+. The van der Waals surface area contributed by atoms with Crippen LogP contribution in [0, 0.1) is 0 Å². The first-order valence-corrected chi connectivity index (χ1v) is 9.13. The third-order valence-electron chi connectivity index (χ3n) is 4.63. The van der Waals surface area contributed by atoms with Gasteiger partial charge in [0.05, 0.1) is 13.1 Å². The molecule has 1 aliphatic rings. The number of nitrogens with zero attached hydrogens (tertiary/aromatic N) is 1. The third kappa shape index (κ3) is 5.56. The topological polar surface area (TPSA) is 53.9 Å². The van der Waals surface area contributed by atoms with Gasteiger partial charge < -0.3 is 15.1 Å². The van der Waals surface area contributed by atoms with Gasteiger partial charge >= 0.3 is 0 Å². The van der Waals surface area contributed by atoms with Crippen molar-refractivity contribution in [2.45, 2.75) is 51.6 Å². The molecule has 0 aromatic heterocycles. The molecule has 0 saturated heterocycles. The fraction of sp³-hybridized carbons (Fsp3) is 0.600. The second kappa shape index (κ2) is 8.00. The van der Waals surface area contributed by atoms with Crippen LogP contribution in [0.2, 0.25) is 0 Å². The third-order valence-corrected chi connectivity index (χ3v) is 4.63. The van der Waals surface area contributed by atoms with Gasteiger partial charge in [0.15, 0.2) is 13.1 Å². The molecule has 0 saturated carbocycles. The lowest BCUT2D eigenvalue weighted by Crippen LogP contribution is -3.11. The van der Waals surface area contributed by atoms with Gasteiger partial charge in [0, 0.05) is 12.6 Å². The molecule has 1 unspecified atom stereocenters. The van der Waals surface area contributed by atoms with Crippen molar-refractivity contribution in [2.75, 3.05) is 27.2 Å². The molecule has 1 aliphatic carbocycles. The van der Waals surface area contributed by atoms with E-state index in [4.69, 9.17) is 0 Å². The maximum absolute atomic E-state index is 12.7. The van der Waals surface area contributed by atoms with E-state index in [0.717, 1.165) is 24.2 Å². The molecule has 0 heterocycles. The van der Waals surface area contributed by atoms with Crippen LogP contribution in [0.1, 0.15) is 50.8 Å². The van der Waals surface area contributed by atoms with Crippen LogP contribution in [0.3, 0.4) is 0 Å². The number of hydrogen-bond acceptors (Lipinski definition) is 2. The lowest BCUT2D eigenvalue weighted by molar-refractivity contribution is -0.863. The number of carbonyl (C=O) groups excluding carboxylic acids is 2. The number of amides is 2. The molecule has 1 aromatic rings. The highest BCUT2D eigenvalue weighted by atomic mass is 16.2. The molecule has 5 nitrogen and oxygen atoms in total. The first-order valence-electron chi connectivity index (χ1n) is 9.13. The average molecular weight is 346 g/mol. The number of quaternary nitrogens is 1. The summed E-state index contributed by atoms with van der Waals surface area (Å²) < 4.78 is 0. The Labute approximate surface area is 151 Å². The molecule has 2 N–H and O–H groups in total. The van der Waals surface area contributed by atoms with Crippen molar-refractivity contribution in [3.05, 3.63) is 35.4 Å². The predicted octanol–water partition coefficient (Wildman–Crippen LogP) is 0.952. The Morgan fingerprint density at radius 2 is 1.92 bits per heavy atom. The fourth-order valence-electron chi connectivity index (χ4n) is 3.49. The number of fused-ring (bicyclic) bond motifs is 1. The summed E-state index contributed by atoms with van der Waals surface area (Å²) in [5, 5.41) is 2.94. The summed E-state index contributed by atoms with van der Waals surface area (Å²) in [6.45, 7) is 6.50. The van der Waals surface area contributed by atoms with Gasteiger partial charge in [-0.15, -0.1) is 0 Å². The van der Waals surface area contributed by atoms with Gasteiger partial charge in [-0.05, 0) is 51.2 Å². The second-order valence-electron chi connectivity index (χ2n) is 8.22. The zero-order valence-corrected chi connectivity index (χ0v) is 16.2. The van der Waals surface area contributed by atoms with Gasteiger partial charge in [0.1, 0.15) is 0 Å². The Hall–Kier alpha value is -1.88. The summed E-state index contributed by atoms with van der Waals surface area (Å²) >= 11 is 0. The minimum atomic E-state index is -0.246. The Morgan fingerprint density at radius 1 is 1.24 bits per heavy atom. The van der Waals surface area contributed by atoms with Crippen LogP contribution in [-0.2, 0) is 16.0 Å². The lowest BCUT2D eigenvalue weighted by atomic mass is 9.87. The molecule has 0 fully saturated rings. The van der Waals surface area contributed by atoms with Crippen molar-refractivity contribution >= 4 is 11.8 Å². The van der Waals surface area contributed by atoms with Crippen LogP contribution in [0.25, 0.3) is 0 Å². The quantitative estimate of drug-likeness (QED) is 0.834. The molecule has 0 radical (unpaired) electrons. The molecule has 0 spiro atoms. The summed E-state index contributed by atoms with van der Waals surface area (Å²) in [5.41, 5.74) is 2.38. The van der Waals surface area contributed by atoms with Crippen LogP contribution in [0.5, 0.6) is 0 Å². The first-order chi connectivity index (χ1) is 11.7. The maximum atomic E-state index is 12.7. The van der Waals surface area contributed by atoms with Gasteiger partial charge in [-0.3, -0.25) is 9.59 Å². The Bertz CT molecular complexity index is 622. The van der Waals surface area contributed by atoms with E-state index in [9.17, 15) is 9.59 Å². The van der Waals surface area contributed by atoms with Crippen molar-refractivity contribution in [2.24, 2.45) is 0 Å². The highest BCUT2D eigenvalue weighted by Gasteiger charge is 2.28. The standard InChI is InChI=1S/C20H31N3O2/c1-20(2,3)21-18(24)13-22(4)14-19(25)23(5)17-12-8-10-15-9-6-7-11-16(15)17/h6-7,9,11,17H,8,10,12-14H2,1-5H3,(H,21,24)/p+1/t17-/m1/s1. The minimum Gasteiger partial charge on any atom is -0.347 e. The highest BCUT2D eigenvalue weighted by molar-refractivity contribution is 5.79. The van der Waals surface area contributed by atoms with Crippen molar-refractivity contribution in [3.63, 3.8) is 0 Å². The SMILES string of the molecule is CN(C(=O)C[NH+](C)CC(=O)NC(C)(C)C)[C@@H]1CCCc2ccccc21. The van der Waals surface area contributed by atoms with Gasteiger partial charge in [0.2, 0.25) is 0 Å². The number of likely N-dealkylation sites (N-methyl/N-ethyl adjacent to an activating group) is 2. The first kappa shape index (κ1) is 19.4. The van der Waals surface area contributed by atoms with Crippen LogP contribution in [0.15, 0.2) is 24.3 Å². The smallest absolute Gasteiger partial charge is 0.278 e. The van der Waals surface area contributed by atoms with E-state index in [1.165, 1.54) is 11.1 Å². The van der Waals surface area contributed by atoms with E-state index >= 15 is 0 Å². The zero-order chi connectivity index (χ0) is 18.6. The molecule has 2 amide bonds. The molecule has 138 valence electrons. The van der Waals surface area contributed by atoms with Crippen molar-refractivity contribution in [1.29, 1.82) is 0 Å². The number of aryl methyl sites for hydroxylation is 1. The monoisotopic (exact) mass is 346 g/mol. The lowest BCUT2D eigenvalue weighted by Gasteiger charge is -2.33. The summed E-state index contributed by atoms with van der Waals surface area (Å²) in [6.07, 6.45) is 3.20. The minimum absolute atomic E-state index is 0.0246. The van der Waals surface area contributed by atoms with E-state index in [-0.39, 0.29) is 23.4 Å². The number of nitrogens with one attached hydrogen (secondary N) is 2. The van der Waals surface area contributed by atoms with E-state index in [0.29, 0.717) is 13.1 Å². The van der Waals surface area contributed by atoms with Crippen molar-refractivity contribution in [1.82, 2.24) is 10.2 Å². The highest BCUT2D eigenvalue weighted by Crippen LogP contribution is 2.33. The molecular weight excluding hydrogens is 314 g/mol. The number of carbonyl (C=O) groups is 2. The van der Waals surface area contributed by atoms with E-state index in [2.05, 4.69) is 23.5 Å². The predicted molar refractivity (Wildman–Crippen MR) is 99.4 cm³/mol. The van der Waals surface area contributed by atoms with E-state index in [1.54, 1.807) is 0 Å². The average Bonchev–Trinajstić information content (AvgIpc) is 2.51. The summed E-state index contributed by atoms with van der Waals surface area (Å²) in [6, 6.07) is 8.55. The Balaban J connectivity index is 1.94. The molecule has 2 rings (SSSR count). The maximum Gasteiger partial charge on any atom is 0.278 e. The van der Waals surface area contributed by atoms with Gasteiger partial charge in [0.25, 0.3) is 11.8 Å². The molecule has 25 heavy (non-hydrogen) atoms. The fourth-order valence-corrected chi connectivity index (χ4v) is 3.49. The van der Waals surface area contributed by atoms with E-state index in [1.807, 2.05) is 45.8 Å². The molecule has 1 aromatic carbocycles. The van der Waals surface area contributed by atoms with Crippen LogP contribution < -0.4 is 10.2 Å². The van der Waals surface area contributed by atoms with Crippen molar-refractivity contribution in [3.8, 4) is 0 Å². The normalized spacial score (nSPS) is 18.2. The van der Waals surface area contributed by atoms with Gasteiger partial charge in [-0.2, -0.15) is 0 Å². The van der Waals surface area contributed by atoms with Crippen LogP contribution >= 0.6 is 0 Å². The summed E-state index contributed by atoms with van der Waals surface area (Å²) in [7, 11) is 3.78. The largest absolute Gasteiger partial charge is 0.347 e. The summed E-state index contributed by atoms with van der Waals surface area (Å²) in [4.78, 5) is 27.5. The Morgan fingerprint density at radius 3 is 2.60 bits per heavy atom. The zero-order valence-electron chi connectivity index (χ0n) is 16.2. The van der Waals surface area contributed by atoms with Gasteiger partial charge in [-0.1, -0.05) is 24.3 Å². The molecule has 2 atom stereocenters. The number of benzene rings is 1. The second-order valence-corrected chi connectivity index (χ2v) is 8.22. The molecule has 5 heteroatoms. The van der Waals surface area contributed by atoms with Gasteiger partial charge in [-0.25, -0.2) is 0 Å². The Kier molecular flexibility index (Phi) is 6.22. The molecule has 0 aliphatic heterocycles. The van der Waals surface area contributed by atoms with Crippen LogP contribution in [0.4, 0.5) is 0 Å². The van der Waals surface area contributed by atoms with Crippen molar-refractivity contribution < 1.29 is 14.5 Å². The summed E-state index contributed by atoms with van der Waals surface area (Å²) in [5.74, 6) is 0.0613.